The number of alkyl halides is 6. The molecule has 0 aliphatic heterocycles. The molecular formula is C18H17F6N3O3. The molecule has 0 fully saturated rings. The number of hydrogen-bond acceptors (Lipinski definition) is 5. The Morgan fingerprint density at radius 2 is 1.70 bits per heavy atom. The van der Waals surface area contributed by atoms with Crippen LogP contribution in [0.5, 0.6) is 11.5 Å². The third-order valence-electron chi connectivity index (χ3n) is 3.40. The van der Waals surface area contributed by atoms with Gasteiger partial charge in [-0.2, -0.15) is 26.3 Å². The smallest absolute Gasteiger partial charge is 0.422 e. The molecule has 0 radical (unpaired) electrons. The Morgan fingerprint density at radius 1 is 1.03 bits per heavy atom. The summed E-state index contributed by atoms with van der Waals surface area (Å²) in [5.74, 6) is -1.02. The zero-order valence-corrected chi connectivity index (χ0v) is 15.6. The van der Waals surface area contributed by atoms with E-state index in [0.717, 1.165) is 18.2 Å². The van der Waals surface area contributed by atoms with Crippen LogP contribution in [-0.4, -0.2) is 41.4 Å². The molecule has 0 atom stereocenters. The molecule has 0 unspecified atom stereocenters. The number of amides is 1. The average Bonchev–Trinajstić information content (AvgIpc) is 2.64. The van der Waals surface area contributed by atoms with E-state index in [-0.39, 0.29) is 41.0 Å². The molecule has 6 nitrogen and oxygen atoms in total. The lowest BCUT2D eigenvalue weighted by molar-refractivity contribution is -0.154. The van der Waals surface area contributed by atoms with E-state index < -0.39 is 25.6 Å². The Hall–Kier alpha value is -3.05. The van der Waals surface area contributed by atoms with Gasteiger partial charge in [0.15, 0.2) is 13.2 Å². The molecule has 0 aliphatic carbocycles. The Bertz CT molecular complexity index is 871. The first-order valence-electron chi connectivity index (χ1n) is 8.63. The summed E-state index contributed by atoms with van der Waals surface area (Å²) in [6.45, 7) is -1.42. The number of rotatable bonds is 8. The van der Waals surface area contributed by atoms with Crippen molar-refractivity contribution < 1.29 is 40.6 Å². The highest BCUT2D eigenvalue weighted by Crippen LogP contribution is 2.34. The molecule has 0 spiro atoms. The van der Waals surface area contributed by atoms with Gasteiger partial charge in [0.2, 0.25) is 11.9 Å². The lowest BCUT2D eigenvalue weighted by atomic mass is 10.1. The fraction of sp³-hybridized carbons (Fsp3) is 0.389. The third kappa shape index (κ3) is 7.76. The summed E-state index contributed by atoms with van der Waals surface area (Å²) in [6, 6.07) is 4.46. The van der Waals surface area contributed by atoms with Crippen LogP contribution in [0.25, 0.3) is 11.3 Å². The number of nitrogens with one attached hydrogen (secondary N) is 1. The van der Waals surface area contributed by atoms with Crippen LogP contribution in [0.4, 0.5) is 32.3 Å². The highest BCUT2D eigenvalue weighted by molar-refractivity contribution is 5.89. The summed E-state index contributed by atoms with van der Waals surface area (Å²) in [4.78, 5) is 19.6. The summed E-state index contributed by atoms with van der Waals surface area (Å²) in [6.07, 6.45) is -7.22. The number of anilines is 1. The largest absolute Gasteiger partial charge is 0.484 e. The van der Waals surface area contributed by atoms with E-state index >= 15 is 0 Å². The van der Waals surface area contributed by atoms with Crippen molar-refractivity contribution in [3.8, 4) is 22.8 Å². The molecule has 0 aliphatic rings. The van der Waals surface area contributed by atoms with Crippen molar-refractivity contribution in [1.29, 1.82) is 0 Å². The van der Waals surface area contributed by atoms with Crippen molar-refractivity contribution in [2.45, 2.75) is 32.1 Å². The average molecular weight is 437 g/mol. The number of nitrogens with zero attached hydrogens (tertiary/aromatic N) is 2. The van der Waals surface area contributed by atoms with E-state index in [1.807, 2.05) is 0 Å². The van der Waals surface area contributed by atoms with E-state index in [2.05, 4.69) is 20.0 Å². The normalized spacial score (nSPS) is 11.8. The molecule has 164 valence electrons. The SMILES string of the molecule is CCCC(=O)Nc1nccc(-c2cc(OCC(F)(F)F)ccc2OCC(F)(F)F)n1. The fourth-order valence-electron chi connectivity index (χ4n) is 2.23. The molecule has 1 aromatic heterocycles. The van der Waals surface area contributed by atoms with Gasteiger partial charge in [-0.1, -0.05) is 6.92 Å². The zero-order valence-electron chi connectivity index (χ0n) is 15.6. The van der Waals surface area contributed by atoms with Crippen LogP contribution in [0, 0.1) is 0 Å². The predicted octanol–water partition coefficient (Wildman–Crippen LogP) is 4.76. The maximum atomic E-state index is 12.5. The molecule has 2 rings (SSSR count). The second-order valence-electron chi connectivity index (χ2n) is 6.03. The van der Waals surface area contributed by atoms with Crippen LogP contribution >= 0.6 is 0 Å². The Balaban J connectivity index is 2.36. The monoisotopic (exact) mass is 437 g/mol. The second kappa shape index (κ2) is 9.63. The first kappa shape index (κ1) is 23.2. The first-order valence-corrected chi connectivity index (χ1v) is 8.63. The number of ether oxygens (including phenoxy) is 2. The van der Waals surface area contributed by atoms with Gasteiger partial charge in [0.05, 0.1) is 5.69 Å². The molecular weight excluding hydrogens is 420 g/mol. The second-order valence-corrected chi connectivity index (χ2v) is 6.03. The quantitative estimate of drug-likeness (QED) is 0.603. The molecule has 12 heteroatoms. The maximum absolute atomic E-state index is 12.5. The summed E-state index contributed by atoms with van der Waals surface area (Å²) in [7, 11) is 0. The van der Waals surface area contributed by atoms with Crippen LogP contribution < -0.4 is 14.8 Å². The van der Waals surface area contributed by atoms with Gasteiger partial charge in [-0.15, -0.1) is 0 Å². The highest BCUT2D eigenvalue weighted by atomic mass is 19.4. The van der Waals surface area contributed by atoms with Crippen LogP contribution in [0.15, 0.2) is 30.5 Å². The minimum atomic E-state index is -4.63. The molecule has 0 saturated carbocycles. The van der Waals surface area contributed by atoms with Crippen molar-refractivity contribution in [2.75, 3.05) is 18.5 Å². The highest BCUT2D eigenvalue weighted by Gasteiger charge is 2.30. The number of halogens is 6. The molecule has 1 heterocycles. The van der Waals surface area contributed by atoms with Gasteiger partial charge in [-0.05, 0) is 30.7 Å². The zero-order chi connectivity index (χ0) is 22.4. The number of carbonyl (C=O) groups is 1. The predicted molar refractivity (Wildman–Crippen MR) is 94.1 cm³/mol. The van der Waals surface area contributed by atoms with Gasteiger partial charge in [-0.25, -0.2) is 9.97 Å². The minimum Gasteiger partial charge on any atom is -0.484 e. The van der Waals surface area contributed by atoms with Crippen LogP contribution in [-0.2, 0) is 4.79 Å². The topological polar surface area (TPSA) is 73.3 Å². The Morgan fingerprint density at radius 3 is 2.33 bits per heavy atom. The van der Waals surface area contributed by atoms with Gasteiger partial charge in [0.25, 0.3) is 0 Å². The molecule has 30 heavy (non-hydrogen) atoms. The summed E-state index contributed by atoms with van der Waals surface area (Å²) < 4.78 is 84.2. The van der Waals surface area contributed by atoms with E-state index in [1.54, 1.807) is 6.92 Å². The van der Waals surface area contributed by atoms with Crippen LogP contribution in [0.2, 0.25) is 0 Å². The fourth-order valence-corrected chi connectivity index (χ4v) is 2.23. The standard InChI is InChI=1S/C18H17F6N3O3/c1-2-3-15(28)27-16-25-7-6-13(26-16)12-8-11(29-9-17(19,20)21)4-5-14(12)30-10-18(22,23)24/h4-8H,2-3,9-10H2,1H3,(H,25,26,27,28). The van der Waals surface area contributed by atoms with E-state index in [9.17, 15) is 31.1 Å². The van der Waals surface area contributed by atoms with E-state index in [4.69, 9.17) is 4.74 Å². The van der Waals surface area contributed by atoms with Gasteiger partial charge in [0, 0.05) is 18.2 Å². The van der Waals surface area contributed by atoms with E-state index in [0.29, 0.717) is 6.42 Å². The van der Waals surface area contributed by atoms with E-state index in [1.165, 1.54) is 12.3 Å². The van der Waals surface area contributed by atoms with Crippen molar-refractivity contribution in [2.24, 2.45) is 0 Å². The molecule has 1 N–H and O–H groups in total. The summed E-state index contributed by atoms with van der Waals surface area (Å²) in [5, 5.41) is 2.43. The van der Waals surface area contributed by atoms with Gasteiger partial charge in [0.1, 0.15) is 11.5 Å². The van der Waals surface area contributed by atoms with Gasteiger partial charge < -0.3 is 9.47 Å². The summed E-state index contributed by atoms with van der Waals surface area (Å²) >= 11 is 0. The van der Waals surface area contributed by atoms with Crippen molar-refractivity contribution in [3.63, 3.8) is 0 Å². The number of benzene rings is 1. The minimum absolute atomic E-state index is 0.0198. The van der Waals surface area contributed by atoms with Crippen molar-refractivity contribution >= 4 is 11.9 Å². The third-order valence-corrected chi connectivity index (χ3v) is 3.40. The molecule has 2 aromatic rings. The number of hydrogen-bond donors (Lipinski definition) is 1. The van der Waals surface area contributed by atoms with Crippen molar-refractivity contribution in [3.05, 3.63) is 30.5 Å². The van der Waals surface area contributed by atoms with Crippen LogP contribution in [0.3, 0.4) is 0 Å². The lowest BCUT2D eigenvalue weighted by Crippen LogP contribution is -2.20. The lowest BCUT2D eigenvalue weighted by Gasteiger charge is -2.15. The van der Waals surface area contributed by atoms with Gasteiger partial charge in [-0.3, -0.25) is 10.1 Å². The van der Waals surface area contributed by atoms with Crippen molar-refractivity contribution in [1.82, 2.24) is 9.97 Å². The first-order chi connectivity index (χ1) is 14.0. The number of aromatic nitrogens is 2. The molecule has 1 aromatic carbocycles. The Labute approximate surface area is 167 Å². The molecule has 0 saturated heterocycles. The molecule has 1 amide bonds. The van der Waals surface area contributed by atoms with Crippen LogP contribution in [0.1, 0.15) is 19.8 Å². The Kier molecular flexibility index (Phi) is 7.46. The summed E-state index contributed by atoms with van der Waals surface area (Å²) in [5.41, 5.74) is -0.0428. The maximum Gasteiger partial charge on any atom is 0.422 e. The molecule has 0 bridgehead atoms. The number of carbonyl (C=O) groups excluding carboxylic acids is 1. The van der Waals surface area contributed by atoms with Gasteiger partial charge >= 0.3 is 12.4 Å².